The van der Waals surface area contributed by atoms with Crippen molar-refractivity contribution in [3.8, 4) is 50.8 Å². The molecule has 0 saturated heterocycles. The van der Waals surface area contributed by atoms with Crippen LogP contribution in [0.2, 0.25) is 0 Å². The maximum absolute atomic E-state index is 12.3. The minimum absolute atomic E-state index is 0.575. The lowest BCUT2D eigenvalue weighted by molar-refractivity contribution is 1.12. The summed E-state index contributed by atoms with van der Waals surface area (Å²) < 4.78 is 4.77. The van der Waals surface area contributed by atoms with E-state index in [2.05, 4.69) is 203 Å². The highest BCUT2D eigenvalue weighted by atomic mass is 15.0. The van der Waals surface area contributed by atoms with Crippen LogP contribution < -0.4 is 0 Å². The molecule has 0 amide bonds. The molecule has 3 aromatic heterocycles. The molecule has 0 bridgehead atoms. The van der Waals surface area contributed by atoms with Gasteiger partial charge in [0.2, 0.25) is 0 Å². The van der Waals surface area contributed by atoms with Gasteiger partial charge in [-0.25, -0.2) is 0 Å². The van der Waals surface area contributed by atoms with Gasteiger partial charge >= 0.3 is 0 Å². The fourth-order valence-electron chi connectivity index (χ4n) is 11.2. The van der Waals surface area contributed by atoms with Crippen molar-refractivity contribution in [1.82, 2.24) is 19.1 Å². The molecule has 14 aromatic rings. The van der Waals surface area contributed by atoms with E-state index >= 15 is 0 Å². The maximum atomic E-state index is 12.3. The standard InChI is InChI=1S/C59H33N5/c60-34-44-58(63-45-28-12-24-40-38-22-10-11-23-39(38)41-25-13-29-46(63)53(41)52(40)45)50(36-18-6-2-7-19-36)49(35-16-4-1-5-17-35)51(37-20-8-3-9-21-37)59(44)64-47-30-14-26-42-54(47)55-43(27-15-31-48(55)64)57-56(42)61-32-33-62-57/h1-33H. The number of nitriles is 1. The molecular formula is C59H33N5. The van der Waals surface area contributed by atoms with Gasteiger partial charge in [-0.1, -0.05) is 164 Å². The summed E-state index contributed by atoms with van der Waals surface area (Å²) in [6.45, 7) is 0. The fraction of sp³-hybridized carbons (Fsp3) is 0. The Morgan fingerprint density at radius 3 is 1.05 bits per heavy atom. The molecule has 0 saturated carbocycles. The van der Waals surface area contributed by atoms with Gasteiger partial charge < -0.3 is 9.13 Å². The second-order valence-electron chi connectivity index (χ2n) is 16.7. The van der Waals surface area contributed by atoms with Crippen molar-refractivity contribution in [2.45, 2.75) is 0 Å². The fourth-order valence-corrected chi connectivity index (χ4v) is 11.2. The normalized spacial score (nSPS) is 12.0. The van der Waals surface area contributed by atoms with E-state index in [0.717, 1.165) is 99.4 Å². The van der Waals surface area contributed by atoms with Crippen molar-refractivity contribution < 1.29 is 0 Å². The lowest BCUT2D eigenvalue weighted by Gasteiger charge is -2.27. The minimum atomic E-state index is 0.575. The highest BCUT2D eigenvalue weighted by Gasteiger charge is 2.33. The van der Waals surface area contributed by atoms with E-state index < -0.39 is 0 Å². The molecule has 3 heterocycles. The second kappa shape index (κ2) is 13.1. The minimum Gasteiger partial charge on any atom is -0.307 e. The molecule has 0 fully saturated rings. The first-order valence-electron chi connectivity index (χ1n) is 21.6. The molecule has 0 radical (unpaired) electrons. The van der Waals surface area contributed by atoms with Crippen LogP contribution in [0, 0.1) is 11.3 Å². The van der Waals surface area contributed by atoms with Crippen molar-refractivity contribution >= 4 is 87.0 Å². The van der Waals surface area contributed by atoms with Gasteiger partial charge in [0.15, 0.2) is 0 Å². The van der Waals surface area contributed by atoms with E-state index in [1.165, 1.54) is 32.3 Å². The number of hydrogen-bond donors (Lipinski definition) is 0. The third kappa shape index (κ3) is 4.50. The topological polar surface area (TPSA) is 59.4 Å². The highest BCUT2D eigenvalue weighted by Crippen LogP contribution is 2.54. The summed E-state index contributed by atoms with van der Waals surface area (Å²) in [5.74, 6) is 0. The van der Waals surface area contributed by atoms with Crippen molar-refractivity contribution in [3.63, 3.8) is 0 Å². The van der Waals surface area contributed by atoms with Gasteiger partial charge in [-0.3, -0.25) is 9.97 Å². The summed E-state index contributed by atoms with van der Waals surface area (Å²) in [6.07, 6.45) is 3.56. The van der Waals surface area contributed by atoms with Crippen LogP contribution in [0.1, 0.15) is 5.56 Å². The van der Waals surface area contributed by atoms with E-state index in [1.807, 2.05) is 0 Å². The van der Waals surface area contributed by atoms with Gasteiger partial charge in [-0.2, -0.15) is 5.26 Å². The van der Waals surface area contributed by atoms with Crippen molar-refractivity contribution in [2.24, 2.45) is 0 Å². The largest absolute Gasteiger partial charge is 0.307 e. The number of benzene rings is 11. The monoisotopic (exact) mass is 811 g/mol. The van der Waals surface area contributed by atoms with Gasteiger partial charge in [0.05, 0.1) is 44.5 Å². The second-order valence-corrected chi connectivity index (χ2v) is 16.7. The molecule has 14 rings (SSSR count). The zero-order chi connectivity index (χ0) is 42.0. The van der Waals surface area contributed by atoms with Crippen LogP contribution in [-0.4, -0.2) is 19.1 Å². The molecular weight excluding hydrogens is 779 g/mol. The van der Waals surface area contributed by atoms with Crippen LogP contribution in [-0.2, 0) is 0 Å². The van der Waals surface area contributed by atoms with Crippen LogP contribution in [0.3, 0.4) is 0 Å². The molecule has 0 unspecified atom stereocenters. The third-order valence-electron chi connectivity index (χ3n) is 13.5. The summed E-state index contributed by atoms with van der Waals surface area (Å²) in [7, 11) is 0. The summed E-state index contributed by atoms with van der Waals surface area (Å²) in [5, 5.41) is 23.8. The summed E-state index contributed by atoms with van der Waals surface area (Å²) in [4.78, 5) is 9.85. The zero-order valence-electron chi connectivity index (χ0n) is 34.3. The van der Waals surface area contributed by atoms with E-state index in [4.69, 9.17) is 9.97 Å². The Bertz CT molecular complexity index is 3810. The summed E-state index contributed by atoms with van der Waals surface area (Å²) in [5.41, 5.74) is 14.2. The predicted octanol–water partition coefficient (Wildman–Crippen LogP) is 15.0. The lowest BCUT2D eigenvalue weighted by atomic mass is 9.82. The van der Waals surface area contributed by atoms with Crippen LogP contribution in [0.15, 0.2) is 200 Å². The predicted molar refractivity (Wildman–Crippen MR) is 264 cm³/mol. The van der Waals surface area contributed by atoms with Gasteiger partial charge in [0.1, 0.15) is 11.6 Å². The molecule has 64 heavy (non-hydrogen) atoms. The number of aromatic nitrogens is 4. The van der Waals surface area contributed by atoms with Crippen molar-refractivity contribution in [3.05, 3.63) is 206 Å². The molecule has 11 aromatic carbocycles. The number of hydrogen-bond acceptors (Lipinski definition) is 3. The Balaban J connectivity index is 1.30. The van der Waals surface area contributed by atoms with E-state index in [9.17, 15) is 5.26 Å². The Morgan fingerprint density at radius 2 is 0.656 bits per heavy atom. The Kier molecular flexibility index (Phi) is 7.12. The highest BCUT2D eigenvalue weighted by molar-refractivity contribution is 6.35. The Morgan fingerprint density at radius 1 is 0.328 bits per heavy atom. The molecule has 0 aliphatic rings. The van der Waals surface area contributed by atoms with E-state index in [1.54, 1.807) is 12.4 Å². The smallest absolute Gasteiger partial charge is 0.104 e. The lowest BCUT2D eigenvalue weighted by Crippen LogP contribution is -2.10. The maximum Gasteiger partial charge on any atom is 0.104 e. The van der Waals surface area contributed by atoms with Gasteiger partial charge in [0.25, 0.3) is 0 Å². The molecule has 0 N–H and O–H groups in total. The van der Waals surface area contributed by atoms with Crippen LogP contribution in [0.5, 0.6) is 0 Å². The SMILES string of the molecule is N#Cc1c(-n2c3cccc4c5ccccc5c5cccc2c5c43)c(-c2ccccc2)c(-c2ccccc2)c(-c2ccccc2)c1-n1c2cccc3c4nccnc4c4cccc1c4c32. The molecule has 0 spiro atoms. The molecule has 294 valence electrons. The van der Waals surface area contributed by atoms with Gasteiger partial charge in [-0.15, -0.1) is 0 Å². The number of nitrogens with zero attached hydrogens (tertiary/aromatic N) is 5. The molecule has 5 nitrogen and oxygen atoms in total. The number of fused-ring (bicyclic) bond motifs is 6. The molecule has 0 aliphatic carbocycles. The Hall–Kier alpha value is -8.85. The van der Waals surface area contributed by atoms with Crippen molar-refractivity contribution in [1.29, 1.82) is 5.26 Å². The Labute approximate surface area is 366 Å². The van der Waals surface area contributed by atoms with E-state index in [0.29, 0.717) is 5.56 Å². The molecule has 5 heteroatoms. The zero-order valence-corrected chi connectivity index (χ0v) is 34.3. The summed E-state index contributed by atoms with van der Waals surface area (Å²) in [6, 6.07) is 70.0. The van der Waals surface area contributed by atoms with Gasteiger partial charge in [-0.05, 0) is 62.5 Å². The van der Waals surface area contributed by atoms with E-state index in [-0.39, 0.29) is 0 Å². The first-order valence-corrected chi connectivity index (χ1v) is 21.6. The van der Waals surface area contributed by atoms with Crippen LogP contribution >= 0.6 is 0 Å². The summed E-state index contributed by atoms with van der Waals surface area (Å²) >= 11 is 0. The van der Waals surface area contributed by atoms with Crippen LogP contribution in [0.25, 0.3) is 132 Å². The van der Waals surface area contributed by atoms with Crippen LogP contribution in [0.4, 0.5) is 0 Å². The first-order chi connectivity index (χ1) is 31.8. The van der Waals surface area contributed by atoms with Crippen molar-refractivity contribution in [2.75, 3.05) is 0 Å². The molecule has 0 aliphatic heterocycles. The van der Waals surface area contributed by atoms with Gasteiger partial charge in [0, 0.05) is 61.4 Å². The number of rotatable bonds is 5. The average molecular weight is 812 g/mol. The quantitative estimate of drug-likeness (QED) is 0.163. The average Bonchev–Trinajstić information content (AvgIpc) is 3.89. The third-order valence-corrected chi connectivity index (χ3v) is 13.5. The molecule has 0 atom stereocenters. The first kappa shape index (κ1) is 34.8.